The van der Waals surface area contributed by atoms with Gasteiger partial charge in [0.25, 0.3) is 10.0 Å². The van der Waals surface area contributed by atoms with E-state index < -0.39 is 28.1 Å². The number of para-hydroxylation sites is 2. The van der Waals surface area contributed by atoms with Crippen molar-refractivity contribution in [1.82, 2.24) is 0 Å². The normalized spacial score (nSPS) is 15.9. The summed E-state index contributed by atoms with van der Waals surface area (Å²) in [7, 11) is -2.80. The smallest absolute Gasteiger partial charge is 0.348 e. The number of anilines is 1. The maximum absolute atomic E-state index is 13.2. The summed E-state index contributed by atoms with van der Waals surface area (Å²) in [5, 5.41) is 0. The Balaban J connectivity index is 1.98. The largest absolute Gasteiger partial charge is 0.475 e. The molecule has 0 bridgehead atoms. The molecule has 0 fully saturated rings. The highest BCUT2D eigenvalue weighted by atomic mass is 32.2. The number of hydrogen-bond acceptors (Lipinski definition) is 7. The number of benzene rings is 2. The van der Waals surface area contributed by atoms with Crippen LogP contribution in [0.3, 0.4) is 0 Å². The average molecular weight is 405 g/mol. The highest BCUT2D eigenvalue weighted by Crippen LogP contribution is 2.36. The minimum Gasteiger partial charge on any atom is -0.475 e. The predicted molar refractivity (Wildman–Crippen MR) is 99.8 cm³/mol. The number of methoxy groups -OCH3 is 1. The summed E-state index contributed by atoms with van der Waals surface area (Å²) in [6.45, 7) is 1.67. The third-order valence-electron chi connectivity index (χ3n) is 4.15. The van der Waals surface area contributed by atoms with Crippen LogP contribution in [-0.2, 0) is 24.3 Å². The molecule has 0 N–H and O–H groups in total. The molecule has 3 rings (SSSR count). The Labute approximate surface area is 162 Å². The van der Waals surface area contributed by atoms with Crippen LogP contribution in [0.2, 0.25) is 0 Å². The zero-order chi connectivity index (χ0) is 20.3. The summed E-state index contributed by atoms with van der Waals surface area (Å²) in [6, 6.07) is 11.9. The van der Waals surface area contributed by atoms with E-state index in [9.17, 15) is 18.0 Å². The second-order valence-corrected chi connectivity index (χ2v) is 7.74. The van der Waals surface area contributed by atoms with Crippen molar-refractivity contribution in [2.45, 2.75) is 17.9 Å². The van der Waals surface area contributed by atoms with Gasteiger partial charge in [0, 0.05) is 0 Å². The van der Waals surface area contributed by atoms with Crippen molar-refractivity contribution < 1.29 is 32.2 Å². The maximum Gasteiger partial charge on any atom is 0.348 e. The lowest BCUT2D eigenvalue weighted by Gasteiger charge is -2.34. The van der Waals surface area contributed by atoms with E-state index in [2.05, 4.69) is 0 Å². The van der Waals surface area contributed by atoms with Crippen LogP contribution in [0.5, 0.6) is 5.75 Å². The highest BCUT2D eigenvalue weighted by molar-refractivity contribution is 7.92. The van der Waals surface area contributed by atoms with Crippen molar-refractivity contribution in [3.05, 3.63) is 54.1 Å². The van der Waals surface area contributed by atoms with Gasteiger partial charge in [-0.25, -0.2) is 18.0 Å². The molecule has 2 aromatic rings. The molecule has 0 spiro atoms. The van der Waals surface area contributed by atoms with Crippen molar-refractivity contribution in [2.24, 2.45) is 0 Å². The Morgan fingerprint density at radius 1 is 1.14 bits per heavy atom. The number of carbonyl (C=O) groups is 2. The van der Waals surface area contributed by atoms with Gasteiger partial charge < -0.3 is 14.2 Å². The standard InChI is InChI=1S/C19H19NO7S/c1-3-26-18(21)13-8-10-14(11-9-13)28(23,24)20-12-17(19(22)25-2)27-16-7-5-4-6-15(16)20/h4-11,17H,3,12H2,1-2H3/t17-/m0/s1. The summed E-state index contributed by atoms with van der Waals surface area (Å²) >= 11 is 0. The number of carbonyl (C=O) groups excluding carboxylic acids is 2. The van der Waals surface area contributed by atoms with Crippen LogP contribution in [0.25, 0.3) is 0 Å². The van der Waals surface area contributed by atoms with Gasteiger partial charge >= 0.3 is 11.9 Å². The minimum absolute atomic E-state index is 0.0270. The molecule has 1 aliphatic rings. The second-order valence-electron chi connectivity index (χ2n) is 5.88. The lowest BCUT2D eigenvalue weighted by Crippen LogP contribution is -2.47. The van der Waals surface area contributed by atoms with Crippen LogP contribution in [0, 0.1) is 0 Å². The van der Waals surface area contributed by atoms with Crippen LogP contribution in [0.15, 0.2) is 53.4 Å². The SMILES string of the molecule is CCOC(=O)c1ccc(S(=O)(=O)N2C[C@@H](C(=O)OC)Oc3ccccc32)cc1. The molecule has 0 saturated heterocycles. The van der Waals surface area contributed by atoms with E-state index in [0.717, 1.165) is 4.31 Å². The van der Waals surface area contributed by atoms with Gasteiger partial charge in [-0.3, -0.25) is 4.31 Å². The number of fused-ring (bicyclic) bond motifs is 1. The lowest BCUT2D eigenvalue weighted by molar-refractivity contribution is -0.148. The van der Waals surface area contributed by atoms with Gasteiger partial charge in [-0.1, -0.05) is 12.1 Å². The Hall–Kier alpha value is -3.07. The number of ether oxygens (including phenoxy) is 3. The van der Waals surface area contributed by atoms with Gasteiger partial charge in [0.15, 0.2) is 0 Å². The van der Waals surface area contributed by atoms with Crippen LogP contribution < -0.4 is 9.04 Å². The summed E-state index contributed by atoms with van der Waals surface area (Å²) in [4.78, 5) is 23.7. The molecule has 1 atom stereocenters. The first-order valence-electron chi connectivity index (χ1n) is 8.52. The number of rotatable bonds is 5. The number of nitrogens with zero attached hydrogens (tertiary/aromatic N) is 1. The minimum atomic E-state index is -4.01. The van der Waals surface area contributed by atoms with Crippen molar-refractivity contribution in [3.63, 3.8) is 0 Å². The Kier molecular flexibility index (Phi) is 5.55. The number of esters is 2. The quantitative estimate of drug-likeness (QED) is 0.702. The molecule has 148 valence electrons. The summed E-state index contributed by atoms with van der Waals surface area (Å²) in [5.41, 5.74) is 0.563. The topological polar surface area (TPSA) is 99.2 Å². The maximum atomic E-state index is 13.2. The van der Waals surface area contributed by atoms with Gasteiger partial charge in [-0.2, -0.15) is 0 Å². The summed E-state index contributed by atoms with van der Waals surface area (Å²) < 4.78 is 42.7. The zero-order valence-electron chi connectivity index (χ0n) is 15.3. The van der Waals surface area contributed by atoms with Crippen molar-refractivity contribution in [1.29, 1.82) is 0 Å². The van der Waals surface area contributed by atoms with Gasteiger partial charge in [-0.05, 0) is 43.3 Å². The second kappa shape index (κ2) is 7.89. The molecule has 8 nitrogen and oxygen atoms in total. The molecule has 1 heterocycles. The molecule has 1 aliphatic heterocycles. The first-order chi connectivity index (χ1) is 13.4. The average Bonchev–Trinajstić information content (AvgIpc) is 2.72. The van der Waals surface area contributed by atoms with Crippen molar-refractivity contribution in [2.75, 3.05) is 24.6 Å². The lowest BCUT2D eigenvalue weighted by atomic mass is 10.2. The van der Waals surface area contributed by atoms with Crippen LogP contribution in [-0.4, -0.2) is 46.7 Å². The van der Waals surface area contributed by atoms with Crippen molar-refractivity contribution >= 4 is 27.6 Å². The molecule has 0 aliphatic carbocycles. The van der Waals surface area contributed by atoms with E-state index in [4.69, 9.17) is 14.2 Å². The molecule has 0 radical (unpaired) electrons. The summed E-state index contributed by atoms with van der Waals surface area (Å²) in [6.07, 6.45) is -1.09. The molecule has 28 heavy (non-hydrogen) atoms. The van der Waals surface area contributed by atoms with Gasteiger partial charge in [0.05, 0.1) is 36.4 Å². The monoisotopic (exact) mass is 405 g/mol. The van der Waals surface area contributed by atoms with E-state index in [1.807, 2.05) is 0 Å². The van der Waals surface area contributed by atoms with Crippen LogP contribution in [0.4, 0.5) is 5.69 Å². The predicted octanol–water partition coefficient (Wildman–Crippen LogP) is 1.99. The zero-order valence-corrected chi connectivity index (χ0v) is 16.1. The van der Waals surface area contributed by atoms with Gasteiger partial charge in [0.2, 0.25) is 6.10 Å². The fraction of sp³-hybridized carbons (Fsp3) is 0.263. The third-order valence-corrected chi connectivity index (χ3v) is 5.95. The molecule has 0 unspecified atom stereocenters. The fourth-order valence-electron chi connectivity index (χ4n) is 2.79. The van der Waals surface area contributed by atoms with Gasteiger partial charge in [0.1, 0.15) is 5.75 Å². The summed E-state index contributed by atoms with van der Waals surface area (Å²) in [5.74, 6) is -0.947. The van der Waals surface area contributed by atoms with E-state index in [0.29, 0.717) is 5.69 Å². The van der Waals surface area contributed by atoms with Crippen LogP contribution >= 0.6 is 0 Å². The number of sulfonamides is 1. The molecule has 0 aromatic heterocycles. The Morgan fingerprint density at radius 2 is 1.82 bits per heavy atom. The molecular formula is C19H19NO7S. The van der Waals surface area contributed by atoms with E-state index in [1.54, 1.807) is 31.2 Å². The third kappa shape index (κ3) is 3.65. The Bertz CT molecular complexity index is 986. The van der Waals surface area contributed by atoms with Gasteiger partial charge in [-0.15, -0.1) is 0 Å². The molecular weight excluding hydrogens is 386 g/mol. The first kappa shape index (κ1) is 19.7. The Morgan fingerprint density at radius 3 is 2.46 bits per heavy atom. The van der Waals surface area contributed by atoms with E-state index >= 15 is 0 Å². The fourth-order valence-corrected chi connectivity index (χ4v) is 4.26. The molecule has 0 amide bonds. The van der Waals surface area contributed by atoms with Crippen molar-refractivity contribution in [3.8, 4) is 5.75 Å². The molecule has 0 saturated carbocycles. The molecule has 9 heteroatoms. The van der Waals surface area contributed by atoms with Crippen LogP contribution in [0.1, 0.15) is 17.3 Å². The van der Waals surface area contributed by atoms with E-state index in [-0.39, 0.29) is 29.4 Å². The number of hydrogen-bond donors (Lipinski definition) is 0. The molecule has 2 aromatic carbocycles. The highest BCUT2D eigenvalue weighted by Gasteiger charge is 2.38. The first-order valence-corrected chi connectivity index (χ1v) is 9.96. The van der Waals surface area contributed by atoms with E-state index in [1.165, 1.54) is 31.4 Å².